The van der Waals surface area contributed by atoms with E-state index < -0.39 is 12.6 Å². The SMILES string of the molecule is OC1CCC(c2nc(CCC(F)(F)F)no2)CC1. The Balaban J connectivity index is 1.90. The Hall–Kier alpha value is -1.11. The highest BCUT2D eigenvalue weighted by atomic mass is 19.4. The topological polar surface area (TPSA) is 59.2 Å². The summed E-state index contributed by atoms with van der Waals surface area (Å²) in [5, 5.41) is 12.9. The molecule has 2 rings (SSSR count). The van der Waals surface area contributed by atoms with E-state index >= 15 is 0 Å². The first-order chi connectivity index (χ1) is 8.44. The number of hydrogen-bond donors (Lipinski definition) is 1. The molecule has 1 aromatic rings. The number of aliphatic hydroxyl groups is 1. The van der Waals surface area contributed by atoms with Gasteiger partial charge in [-0.15, -0.1) is 0 Å². The second kappa shape index (κ2) is 5.26. The molecule has 0 amide bonds. The monoisotopic (exact) mass is 264 g/mol. The number of aryl methyl sites for hydroxylation is 1. The molecule has 1 heterocycles. The van der Waals surface area contributed by atoms with Crippen LogP contribution >= 0.6 is 0 Å². The molecule has 7 heteroatoms. The van der Waals surface area contributed by atoms with Gasteiger partial charge in [0.15, 0.2) is 5.82 Å². The van der Waals surface area contributed by atoms with E-state index in [9.17, 15) is 18.3 Å². The molecule has 0 atom stereocenters. The van der Waals surface area contributed by atoms with Crippen LogP contribution in [0.1, 0.15) is 49.7 Å². The summed E-state index contributed by atoms with van der Waals surface area (Å²) in [6.07, 6.45) is -2.85. The van der Waals surface area contributed by atoms with Crippen LogP contribution in [0.2, 0.25) is 0 Å². The lowest BCUT2D eigenvalue weighted by molar-refractivity contribution is -0.134. The van der Waals surface area contributed by atoms with Crippen molar-refractivity contribution in [3.05, 3.63) is 11.7 Å². The van der Waals surface area contributed by atoms with Crippen molar-refractivity contribution in [1.82, 2.24) is 10.1 Å². The Kier molecular flexibility index (Phi) is 3.89. The molecule has 1 aliphatic carbocycles. The molecule has 18 heavy (non-hydrogen) atoms. The van der Waals surface area contributed by atoms with Gasteiger partial charge in [-0.3, -0.25) is 0 Å². The van der Waals surface area contributed by atoms with Gasteiger partial charge in [-0.1, -0.05) is 5.16 Å². The number of aromatic nitrogens is 2. The Labute approximate surface area is 102 Å². The van der Waals surface area contributed by atoms with Gasteiger partial charge in [0.25, 0.3) is 0 Å². The molecule has 0 aromatic carbocycles. The van der Waals surface area contributed by atoms with E-state index in [2.05, 4.69) is 10.1 Å². The maximum absolute atomic E-state index is 12.0. The molecule has 4 nitrogen and oxygen atoms in total. The average molecular weight is 264 g/mol. The van der Waals surface area contributed by atoms with Gasteiger partial charge >= 0.3 is 6.18 Å². The molecule has 0 radical (unpaired) electrons. The minimum Gasteiger partial charge on any atom is -0.393 e. The largest absolute Gasteiger partial charge is 0.393 e. The molecule has 1 fully saturated rings. The highest BCUT2D eigenvalue weighted by Crippen LogP contribution is 2.32. The first kappa shape index (κ1) is 13.3. The number of rotatable bonds is 3. The van der Waals surface area contributed by atoms with Crippen molar-refractivity contribution in [2.24, 2.45) is 0 Å². The predicted molar refractivity (Wildman–Crippen MR) is 55.9 cm³/mol. The third-order valence-electron chi connectivity index (χ3n) is 3.16. The maximum atomic E-state index is 12.0. The molecule has 0 saturated heterocycles. The summed E-state index contributed by atoms with van der Waals surface area (Å²) in [5.41, 5.74) is 0. The lowest BCUT2D eigenvalue weighted by Gasteiger charge is -2.22. The lowest BCUT2D eigenvalue weighted by Crippen LogP contribution is -2.17. The standard InChI is InChI=1S/C11H15F3N2O2/c12-11(13,14)6-5-9-15-10(18-16-9)7-1-3-8(17)4-2-7/h7-8,17H,1-6H2. The maximum Gasteiger partial charge on any atom is 0.389 e. The highest BCUT2D eigenvalue weighted by molar-refractivity contribution is 4.96. The zero-order valence-electron chi connectivity index (χ0n) is 9.78. The number of nitrogens with zero attached hydrogens (tertiary/aromatic N) is 2. The van der Waals surface area contributed by atoms with Crippen LogP contribution in [0.25, 0.3) is 0 Å². The van der Waals surface area contributed by atoms with Gasteiger partial charge in [0, 0.05) is 12.3 Å². The van der Waals surface area contributed by atoms with E-state index in [0.29, 0.717) is 18.7 Å². The van der Waals surface area contributed by atoms with Crippen molar-refractivity contribution in [2.45, 2.75) is 56.7 Å². The van der Waals surface area contributed by atoms with Crippen molar-refractivity contribution in [3.8, 4) is 0 Å². The van der Waals surface area contributed by atoms with Gasteiger partial charge in [-0.05, 0) is 25.7 Å². The third-order valence-corrected chi connectivity index (χ3v) is 3.16. The molecule has 1 N–H and O–H groups in total. The molecule has 0 aliphatic heterocycles. The fourth-order valence-electron chi connectivity index (χ4n) is 2.11. The summed E-state index contributed by atoms with van der Waals surface area (Å²) in [6.45, 7) is 0. The molecule has 1 aliphatic rings. The zero-order chi connectivity index (χ0) is 13.2. The second-order valence-corrected chi connectivity index (χ2v) is 4.67. The average Bonchev–Trinajstić information content (AvgIpc) is 2.75. The van der Waals surface area contributed by atoms with Crippen LogP contribution in [0.15, 0.2) is 4.52 Å². The van der Waals surface area contributed by atoms with Gasteiger partial charge in [0.1, 0.15) is 0 Å². The fourth-order valence-corrected chi connectivity index (χ4v) is 2.11. The van der Waals surface area contributed by atoms with Gasteiger partial charge in [0.05, 0.1) is 12.5 Å². The van der Waals surface area contributed by atoms with E-state index in [-0.39, 0.29) is 24.3 Å². The number of halogens is 3. The van der Waals surface area contributed by atoms with Crippen LogP contribution in [0.5, 0.6) is 0 Å². The molecule has 1 saturated carbocycles. The van der Waals surface area contributed by atoms with Gasteiger partial charge in [-0.25, -0.2) is 0 Å². The first-order valence-electron chi connectivity index (χ1n) is 6.01. The van der Waals surface area contributed by atoms with Crippen molar-refractivity contribution in [3.63, 3.8) is 0 Å². The fraction of sp³-hybridized carbons (Fsp3) is 0.818. The zero-order valence-corrected chi connectivity index (χ0v) is 9.78. The van der Waals surface area contributed by atoms with Crippen molar-refractivity contribution in [1.29, 1.82) is 0 Å². The predicted octanol–water partition coefficient (Wildman–Crippen LogP) is 2.58. The number of aliphatic hydroxyl groups excluding tert-OH is 1. The van der Waals surface area contributed by atoms with Crippen molar-refractivity contribution >= 4 is 0 Å². The minimum atomic E-state index is -4.20. The summed E-state index contributed by atoms with van der Waals surface area (Å²) in [7, 11) is 0. The van der Waals surface area contributed by atoms with Crippen LogP contribution in [-0.2, 0) is 6.42 Å². The smallest absolute Gasteiger partial charge is 0.389 e. The molecule has 0 unspecified atom stereocenters. The lowest BCUT2D eigenvalue weighted by atomic mass is 9.87. The van der Waals surface area contributed by atoms with Gasteiger partial charge < -0.3 is 9.63 Å². The van der Waals surface area contributed by atoms with Crippen LogP contribution in [0, 0.1) is 0 Å². The van der Waals surface area contributed by atoms with Crippen LogP contribution in [-0.4, -0.2) is 27.5 Å². The number of alkyl halides is 3. The Morgan fingerprint density at radius 3 is 2.50 bits per heavy atom. The summed E-state index contributed by atoms with van der Waals surface area (Å²) >= 11 is 0. The Bertz CT molecular complexity index is 384. The minimum absolute atomic E-state index is 0.0699. The molecular weight excluding hydrogens is 249 g/mol. The van der Waals surface area contributed by atoms with Crippen molar-refractivity contribution < 1.29 is 22.8 Å². The molecule has 1 aromatic heterocycles. The van der Waals surface area contributed by atoms with Crippen LogP contribution < -0.4 is 0 Å². The molecular formula is C11H15F3N2O2. The number of hydrogen-bond acceptors (Lipinski definition) is 4. The van der Waals surface area contributed by atoms with E-state index in [0.717, 1.165) is 12.8 Å². The summed E-state index contributed by atoms with van der Waals surface area (Å²) in [5.74, 6) is 0.577. The Morgan fingerprint density at radius 2 is 1.89 bits per heavy atom. The second-order valence-electron chi connectivity index (χ2n) is 4.67. The summed E-state index contributed by atoms with van der Waals surface area (Å²) in [6, 6.07) is 0. The van der Waals surface area contributed by atoms with E-state index in [1.807, 2.05) is 0 Å². The van der Waals surface area contributed by atoms with Gasteiger partial charge in [0.2, 0.25) is 5.89 Å². The molecule has 102 valence electrons. The van der Waals surface area contributed by atoms with Gasteiger partial charge in [-0.2, -0.15) is 18.2 Å². The van der Waals surface area contributed by atoms with E-state index in [4.69, 9.17) is 4.52 Å². The summed E-state index contributed by atoms with van der Waals surface area (Å²) < 4.78 is 41.1. The van der Waals surface area contributed by atoms with Crippen LogP contribution in [0.3, 0.4) is 0 Å². The van der Waals surface area contributed by atoms with E-state index in [1.54, 1.807) is 0 Å². The highest BCUT2D eigenvalue weighted by Gasteiger charge is 2.29. The Morgan fingerprint density at radius 1 is 1.22 bits per heavy atom. The molecule has 0 spiro atoms. The normalized spacial score (nSPS) is 25.3. The quantitative estimate of drug-likeness (QED) is 0.911. The summed E-state index contributed by atoms with van der Waals surface area (Å²) in [4.78, 5) is 4.00. The van der Waals surface area contributed by atoms with E-state index in [1.165, 1.54) is 0 Å². The van der Waals surface area contributed by atoms with Crippen LogP contribution in [0.4, 0.5) is 13.2 Å². The first-order valence-corrected chi connectivity index (χ1v) is 6.01. The third kappa shape index (κ3) is 3.69. The van der Waals surface area contributed by atoms with Crippen molar-refractivity contribution in [2.75, 3.05) is 0 Å². The molecule has 0 bridgehead atoms.